The first-order chi connectivity index (χ1) is 12.6. The number of amides is 2. The van der Waals surface area contributed by atoms with Crippen molar-refractivity contribution in [3.8, 4) is 5.75 Å². The molecule has 2 aromatic rings. The van der Waals surface area contributed by atoms with Crippen LogP contribution in [0.3, 0.4) is 0 Å². The third kappa shape index (κ3) is 6.57. The zero-order valence-corrected chi connectivity index (χ0v) is 14.8. The predicted molar refractivity (Wildman–Crippen MR) is 98.5 cm³/mol. The van der Waals surface area contributed by atoms with Crippen LogP contribution >= 0.6 is 0 Å². The third-order valence-corrected chi connectivity index (χ3v) is 3.70. The van der Waals surface area contributed by atoms with E-state index in [1.807, 2.05) is 54.6 Å². The van der Waals surface area contributed by atoms with E-state index in [4.69, 9.17) is 15.2 Å². The Bertz CT molecular complexity index is 719. The summed E-state index contributed by atoms with van der Waals surface area (Å²) in [5.41, 5.74) is 7.32. The number of rotatable bonds is 10. The number of benzene rings is 2. The SMILES string of the molecule is CCOCC(=O)N[C@H](Cc1cccc(OCc2ccccc2)c1)C(N)=O. The molecule has 0 bridgehead atoms. The monoisotopic (exact) mass is 356 g/mol. The highest BCUT2D eigenvalue weighted by Crippen LogP contribution is 2.16. The Morgan fingerprint density at radius 3 is 2.50 bits per heavy atom. The predicted octanol–water partition coefficient (Wildman–Crippen LogP) is 1.81. The summed E-state index contributed by atoms with van der Waals surface area (Å²) in [5.74, 6) is -0.271. The minimum absolute atomic E-state index is 0.0967. The number of hydrogen-bond donors (Lipinski definition) is 2. The van der Waals surface area contributed by atoms with Gasteiger partial charge in [0.2, 0.25) is 11.8 Å². The molecule has 6 nitrogen and oxygen atoms in total. The van der Waals surface area contributed by atoms with Crippen LogP contribution in [-0.4, -0.2) is 31.1 Å². The lowest BCUT2D eigenvalue weighted by molar-refractivity contribution is -0.130. The lowest BCUT2D eigenvalue weighted by Crippen LogP contribution is -2.47. The smallest absolute Gasteiger partial charge is 0.246 e. The second-order valence-corrected chi connectivity index (χ2v) is 5.79. The van der Waals surface area contributed by atoms with Crippen LogP contribution in [0.25, 0.3) is 0 Å². The van der Waals surface area contributed by atoms with Crippen molar-refractivity contribution in [2.45, 2.75) is 26.0 Å². The number of carbonyl (C=O) groups excluding carboxylic acids is 2. The highest BCUT2D eigenvalue weighted by atomic mass is 16.5. The number of nitrogens with two attached hydrogens (primary N) is 1. The van der Waals surface area contributed by atoms with Gasteiger partial charge in [0.15, 0.2) is 0 Å². The maximum Gasteiger partial charge on any atom is 0.246 e. The van der Waals surface area contributed by atoms with Crippen molar-refractivity contribution < 1.29 is 19.1 Å². The first-order valence-corrected chi connectivity index (χ1v) is 8.50. The van der Waals surface area contributed by atoms with Crippen molar-refractivity contribution in [1.29, 1.82) is 0 Å². The van der Waals surface area contributed by atoms with Crippen molar-refractivity contribution >= 4 is 11.8 Å². The minimum atomic E-state index is -0.799. The third-order valence-electron chi connectivity index (χ3n) is 3.70. The van der Waals surface area contributed by atoms with E-state index in [0.29, 0.717) is 19.0 Å². The summed E-state index contributed by atoms with van der Waals surface area (Å²) < 4.78 is 10.8. The molecular weight excluding hydrogens is 332 g/mol. The fourth-order valence-corrected chi connectivity index (χ4v) is 2.39. The van der Waals surface area contributed by atoms with Gasteiger partial charge in [0, 0.05) is 13.0 Å². The Labute approximate surface area is 153 Å². The molecule has 0 heterocycles. The van der Waals surface area contributed by atoms with Crippen molar-refractivity contribution in [1.82, 2.24) is 5.32 Å². The number of primary amides is 1. The molecule has 3 N–H and O–H groups in total. The summed E-state index contributed by atoms with van der Waals surface area (Å²) in [6.07, 6.45) is 0.287. The molecule has 0 spiro atoms. The van der Waals surface area contributed by atoms with Crippen LogP contribution in [0.4, 0.5) is 0 Å². The van der Waals surface area contributed by atoms with E-state index in [-0.39, 0.29) is 18.9 Å². The molecule has 0 fully saturated rings. The Hall–Kier alpha value is -2.86. The fourth-order valence-electron chi connectivity index (χ4n) is 2.39. The van der Waals surface area contributed by atoms with E-state index in [2.05, 4.69) is 5.32 Å². The highest BCUT2D eigenvalue weighted by Gasteiger charge is 2.18. The summed E-state index contributed by atoms with van der Waals surface area (Å²) in [4.78, 5) is 23.4. The van der Waals surface area contributed by atoms with Crippen LogP contribution in [-0.2, 0) is 27.4 Å². The highest BCUT2D eigenvalue weighted by molar-refractivity contribution is 5.87. The van der Waals surface area contributed by atoms with E-state index in [1.54, 1.807) is 6.92 Å². The number of hydrogen-bond acceptors (Lipinski definition) is 4. The molecule has 0 radical (unpaired) electrons. The second-order valence-electron chi connectivity index (χ2n) is 5.79. The van der Waals surface area contributed by atoms with Gasteiger partial charge in [0.25, 0.3) is 0 Å². The van der Waals surface area contributed by atoms with E-state index in [9.17, 15) is 9.59 Å². The van der Waals surface area contributed by atoms with Gasteiger partial charge in [0.05, 0.1) is 0 Å². The molecule has 0 saturated heterocycles. The van der Waals surface area contributed by atoms with Crippen molar-refractivity contribution in [3.63, 3.8) is 0 Å². The summed E-state index contributed by atoms with van der Waals surface area (Å²) in [6, 6.07) is 16.4. The van der Waals surface area contributed by atoms with Crippen LogP contribution in [0.15, 0.2) is 54.6 Å². The van der Waals surface area contributed by atoms with Gasteiger partial charge in [0.1, 0.15) is 25.0 Å². The molecule has 1 atom stereocenters. The zero-order valence-electron chi connectivity index (χ0n) is 14.8. The number of nitrogens with one attached hydrogen (secondary N) is 1. The number of ether oxygens (including phenoxy) is 2. The van der Waals surface area contributed by atoms with Crippen LogP contribution in [0.1, 0.15) is 18.1 Å². The number of carbonyl (C=O) groups is 2. The van der Waals surface area contributed by atoms with Crippen LogP contribution in [0.5, 0.6) is 5.75 Å². The molecule has 0 unspecified atom stereocenters. The summed E-state index contributed by atoms with van der Waals surface area (Å²) in [6.45, 7) is 2.57. The molecule has 2 aromatic carbocycles. The van der Waals surface area contributed by atoms with Crippen molar-refractivity contribution in [2.75, 3.05) is 13.2 Å². The van der Waals surface area contributed by atoms with Crippen molar-refractivity contribution in [2.24, 2.45) is 5.73 Å². The van der Waals surface area contributed by atoms with E-state index in [0.717, 1.165) is 11.1 Å². The van der Waals surface area contributed by atoms with Gasteiger partial charge in [-0.1, -0.05) is 42.5 Å². The molecule has 0 saturated carbocycles. The first kappa shape index (κ1) is 19.5. The van der Waals surface area contributed by atoms with Gasteiger partial charge in [-0.25, -0.2) is 0 Å². The molecule has 2 rings (SSSR count). The first-order valence-electron chi connectivity index (χ1n) is 8.50. The second kappa shape index (κ2) is 10.2. The topological polar surface area (TPSA) is 90.7 Å². The minimum Gasteiger partial charge on any atom is -0.489 e. The van der Waals surface area contributed by atoms with E-state index in [1.165, 1.54) is 0 Å². The quantitative estimate of drug-likeness (QED) is 0.679. The van der Waals surface area contributed by atoms with E-state index >= 15 is 0 Å². The van der Waals surface area contributed by atoms with Crippen LogP contribution in [0, 0.1) is 0 Å². The molecular formula is C20H24N2O4. The molecule has 26 heavy (non-hydrogen) atoms. The van der Waals surface area contributed by atoms with Gasteiger partial charge < -0.3 is 20.5 Å². The average Bonchev–Trinajstić information content (AvgIpc) is 2.65. The Kier molecular flexibility index (Phi) is 7.64. The summed E-state index contributed by atoms with van der Waals surface area (Å²) in [7, 11) is 0. The molecule has 2 amide bonds. The molecule has 0 aliphatic rings. The Morgan fingerprint density at radius 2 is 1.81 bits per heavy atom. The average molecular weight is 356 g/mol. The normalized spacial score (nSPS) is 11.6. The van der Waals surface area contributed by atoms with E-state index < -0.39 is 11.9 Å². The largest absolute Gasteiger partial charge is 0.489 e. The molecule has 138 valence electrons. The molecule has 6 heteroatoms. The summed E-state index contributed by atoms with van der Waals surface area (Å²) in [5, 5.41) is 2.60. The lowest BCUT2D eigenvalue weighted by Gasteiger charge is -2.16. The van der Waals surface area contributed by atoms with Crippen LogP contribution < -0.4 is 15.8 Å². The molecule has 0 aliphatic heterocycles. The molecule has 0 aromatic heterocycles. The Morgan fingerprint density at radius 1 is 1.08 bits per heavy atom. The fraction of sp³-hybridized carbons (Fsp3) is 0.300. The summed E-state index contributed by atoms with van der Waals surface area (Å²) >= 11 is 0. The van der Waals surface area contributed by atoms with Gasteiger partial charge in [-0.3, -0.25) is 9.59 Å². The molecule has 0 aliphatic carbocycles. The van der Waals surface area contributed by atoms with Gasteiger partial charge in [-0.05, 0) is 30.2 Å². The van der Waals surface area contributed by atoms with Gasteiger partial charge >= 0.3 is 0 Å². The lowest BCUT2D eigenvalue weighted by atomic mass is 10.1. The Balaban J connectivity index is 1.96. The van der Waals surface area contributed by atoms with Crippen LogP contribution in [0.2, 0.25) is 0 Å². The standard InChI is InChI=1S/C20H24N2O4/c1-2-25-14-19(23)22-18(20(21)24)12-16-9-6-10-17(11-16)26-13-15-7-4-3-5-8-15/h3-11,18H,2,12-14H2,1H3,(H2,21,24)(H,22,23)/t18-/m1/s1. The maximum atomic E-state index is 11.8. The maximum absolute atomic E-state index is 11.8. The van der Waals surface area contributed by atoms with Gasteiger partial charge in [-0.15, -0.1) is 0 Å². The zero-order chi connectivity index (χ0) is 18.8. The van der Waals surface area contributed by atoms with Gasteiger partial charge in [-0.2, -0.15) is 0 Å². The van der Waals surface area contributed by atoms with Crippen molar-refractivity contribution in [3.05, 3.63) is 65.7 Å².